The Morgan fingerprint density at radius 3 is 2.66 bits per heavy atom. The Balaban J connectivity index is 1.85. The van der Waals surface area contributed by atoms with Crippen molar-refractivity contribution in [3.63, 3.8) is 0 Å². The number of nitrogens with one attached hydrogen (secondary N) is 2. The van der Waals surface area contributed by atoms with Gasteiger partial charge in [-0.2, -0.15) is 0 Å². The third-order valence-electron chi connectivity index (χ3n) is 5.81. The number of carboxylic acids is 1. The fraction of sp³-hybridized carbons (Fsp3) is 0.619. The van der Waals surface area contributed by atoms with E-state index in [0.717, 1.165) is 11.3 Å². The standard InChI is InChI=1S/C21H29N3O5/c1-11(2)8-16(22-12(3)25)20(27)23-15-5-4-13-6-7-24-10-14(21(28)29)9-17(26)18(15)19(13)24/h6-7,11,14-16,18H,4-5,8-10H2,1-3H3,(H,22,25)(H,23,27)(H,28,29)/t14-,15-,16?,18?/m0/s1. The van der Waals surface area contributed by atoms with Crippen molar-refractivity contribution in [3.8, 4) is 0 Å². The molecule has 1 aromatic heterocycles. The fourth-order valence-electron chi connectivity index (χ4n) is 4.55. The second-order valence-corrected chi connectivity index (χ2v) is 8.60. The average Bonchev–Trinajstić information content (AvgIpc) is 2.94. The third kappa shape index (κ3) is 4.52. The van der Waals surface area contributed by atoms with Crippen LogP contribution in [0.1, 0.15) is 57.2 Å². The molecule has 0 saturated heterocycles. The number of aliphatic carboxylic acids is 1. The Bertz CT molecular complexity index is 828. The van der Waals surface area contributed by atoms with Gasteiger partial charge in [0.05, 0.1) is 11.8 Å². The van der Waals surface area contributed by atoms with Crippen LogP contribution in [0.3, 0.4) is 0 Å². The highest BCUT2D eigenvalue weighted by molar-refractivity contribution is 5.92. The molecule has 2 unspecified atom stereocenters. The van der Waals surface area contributed by atoms with Gasteiger partial charge in [-0.05, 0) is 36.8 Å². The highest BCUT2D eigenvalue weighted by Gasteiger charge is 2.42. The number of carbonyl (C=O) groups is 4. The Kier molecular flexibility index (Phi) is 6.10. The van der Waals surface area contributed by atoms with Gasteiger partial charge in [-0.3, -0.25) is 19.2 Å². The Morgan fingerprint density at radius 1 is 1.31 bits per heavy atom. The van der Waals surface area contributed by atoms with Crippen molar-refractivity contribution in [1.82, 2.24) is 15.2 Å². The molecule has 2 amide bonds. The molecule has 29 heavy (non-hydrogen) atoms. The average molecular weight is 403 g/mol. The van der Waals surface area contributed by atoms with Crippen LogP contribution in [0.15, 0.2) is 12.3 Å². The first-order chi connectivity index (χ1) is 13.7. The molecule has 0 bridgehead atoms. The van der Waals surface area contributed by atoms with Crippen LogP contribution < -0.4 is 10.6 Å². The van der Waals surface area contributed by atoms with E-state index in [0.29, 0.717) is 19.3 Å². The fourth-order valence-corrected chi connectivity index (χ4v) is 4.55. The van der Waals surface area contributed by atoms with Crippen molar-refractivity contribution in [2.75, 3.05) is 0 Å². The Hall–Kier alpha value is -2.64. The lowest BCUT2D eigenvalue weighted by atomic mass is 9.79. The SMILES string of the molecule is CC(=O)NC(CC(C)C)C(=O)N[C@H]1CCc2ccn3c2C1C(=O)C[C@H](C(=O)O)C3. The van der Waals surface area contributed by atoms with E-state index in [1.165, 1.54) is 6.92 Å². The van der Waals surface area contributed by atoms with Gasteiger partial charge in [-0.25, -0.2) is 0 Å². The second kappa shape index (κ2) is 8.39. The molecule has 1 aromatic rings. The summed E-state index contributed by atoms with van der Waals surface area (Å²) in [6.45, 7) is 5.59. The van der Waals surface area contributed by atoms with E-state index < -0.39 is 29.9 Å². The van der Waals surface area contributed by atoms with E-state index in [1.54, 1.807) is 0 Å². The zero-order valence-corrected chi connectivity index (χ0v) is 17.1. The number of ketones is 1. The van der Waals surface area contributed by atoms with Gasteiger partial charge >= 0.3 is 5.97 Å². The normalized spacial score (nSPS) is 24.4. The molecule has 3 rings (SSSR count). The van der Waals surface area contributed by atoms with E-state index in [4.69, 9.17) is 0 Å². The molecule has 2 aliphatic rings. The van der Waals surface area contributed by atoms with E-state index in [2.05, 4.69) is 10.6 Å². The van der Waals surface area contributed by atoms with Gasteiger partial charge in [0.25, 0.3) is 0 Å². The second-order valence-electron chi connectivity index (χ2n) is 8.60. The van der Waals surface area contributed by atoms with Crippen LogP contribution in [-0.4, -0.2) is 45.3 Å². The molecule has 1 aliphatic carbocycles. The monoisotopic (exact) mass is 403 g/mol. The lowest BCUT2D eigenvalue weighted by Crippen LogP contribution is -2.52. The molecule has 2 heterocycles. The van der Waals surface area contributed by atoms with Gasteiger partial charge in [0, 0.05) is 37.8 Å². The summed E-state index contributed by atoms with van der Waals surface area (Å²) in [5.74, 6) is -2.83. The topological polar surface area (TPSA) is 118 Å². The van der Waals surface area contributed by atoms with Gasteiger partial charge in [0.2, 0.25) is 11.8 Å². The predicted octanol–water partition coefficient (Wildman–Crippen LogP) is 1.23. The van der Waals surface area contributed by atoms with Gasteiger partial charge < -0.3 is 20.3 Å². The van der Waals surface area contributed by atoms with Gasteiger partial charge in [-0.15, -0.1) is 0 Å². The van der Waals surface area contributed by atoms with Crippen molar-refractivity contribution in [3.05, 3.63) is 23.5 Å². The largest absolute Gasteiger partial charge is 0.481 e. The summed E-state index contributed by atoms with van der Waals surface area (Å²) in [4.78, 5) is 49.0. The van der Waals surface area contributed by atoms with Crippen LogP contribution in [-0.2, 0) is 32.1 Å². The summed E-state index contributed by atoms with van der Waals surface area (Å²) in [6.07, 6.45) is 3.61. The number of carbonyl (C=O) groups excluding carboxylic acids is 3. The minimum Gasteiger partial charge on any atom is -0.481 e. The maximum atomic E-state index is 13.0. The molecule has 8 nitrogen and oxygen atoms in total. The van der Waals surface area contributed by atoms with E-state index in [-0.39, 0.29) is 36.5 Å². The molecule has 158 valence electrons. The van der Waals surface area contributed by atoms with Crippen LogP contribution in [0.4, 0.5) is 0 Å². The van der Waals surface area contributed by atoms with Crippen LogP contribution in [0.2, 0.25) is 0 Å². The van der Waals surface area contributed by atoms with Gasteiger partial charge in [0.1, 0.15) is 11.8 Å². The summed E-state index contributed by atoms with van der Waals surface area (Å²) in [5.41, 5.74) is 1.87. The van der Waals surface area contributed by atoms with Crippen molar-refractivity contribution in [1.29, 1.82) is 0 Å². The molecule has 0 saturated carbocycles. The maximum absolute atomic E-state index is 13.0. The number of rotatable bonds is 6. The van der Waals surface area contributed by atoms with Crippen molar-refractivity contribution < 1.29 is 24.3 Å². The van der Waals surface area contributed by atoms with Crippen molar-refractivity contribution in [2.45, 2.75) is 71.0 Å². The molecule has 4 atom stereocenters. The number of nitrogens with zero attached hydrogens (tertiary/aromatic N) is 1. The molecule has 3 N–H and O–H groups in total. The van der Waals surface area contributed by atoms with Crippen LogP contribution >= 0.6 is 0 Å². The summed E-state index contributed by atoms with van der Waals surface area (Å²) in [5, 5.41) is 15.2. The Labute approximate surface area is 170 Å². The van der Waals surface area contributed by atoms with Crippen LogP contribution in [0.25, 0.3) is 0 Å². The first-order valence-electron chi connectivity index (χ1n) is 10.2. The highest BCUT2D eigenvalue weighted by Crippen LogP contribution is 2.38. The molecular weight excluding hydrogens is 374 g/mol. The predicted molar refractivity (Wildman–Crippen MR) is 105 cm³/mol. The van der Waals surface area contributed by atoms with E-state index in [1.807, 2.05) is 30.7 Å². The third-order valence-corrected chi connectivity index (χ3v) is 5.81. The summed E-state index contributed by atoms with van der Waals surface area (Å²) in [7, 11) is 0. The first-order valence-corrected chi connectivity index (χ1v) is 10.2. The summed E-state index contributed by atoms with van der Waals surface area (Å²) >= 11 is 0. The van der Waals surface area contributed by atoms with Gasteiger partial charge in [-0.1, -0.05) is 13.8 Å². The minimum absolute atomic E-state index is 0.0470. The number of aromatic nitrogens is 1. The van der Waals surface area contributed by atoms with Crippen LogP contribution in [0.5, 0.6) is 0 Å². The molecule has 8 heteroatoms. The zero-order chi connectivity index (χ0) is 21.3. The summed E-state index contributed by atoms with van der Waals surface area (Å²) < 4.78 is 1.86. The van der Waals surface area contributed by atoms with Crippen molar-refractivity contribution >= 4 is 23.6 Å². The first kappa shape index (κ1) is 21.1. The molecule has 0 radical (unpaired) electrons. The molecule has 1 aliphatic heterocycles. The Morgan fingerprint density at radius 2 is 2.03 bits per heavy atom. The van der Waals surface area contributed by atoms with E-state index in [9.17, 15) is 24.3 Å². The molecule has 0 aromatic carbocycles. The molecular formula is C21H29N3O5. The highest BCUT2D eigenvalue weighted by atomic mass is 16.4. The molecule has 0 fully saturated rings. The lowest BCUT2D eigenvalue weighted by molar-refractivity contribution is -0.144. The quantitative estimate of drug-likeness (QED) is 0.660. The number of amides is 2. The van der Waals surface area contributed by atoms with E-state index >= 15 is 0 Å². The van der Waals surface area contributed by atoms with Gasteiger partial charge in [0.15, 0.2) is 0 Å². The summed E-state index contributed by atoms with van der Waals surface area (Å²) in [6, 6.07) is 0.872. The number of Topliss-reactive ketones (excluding diaryl/α,β-unsaturated/α-hetero) is 1. The van der Waals surface area contributed by atoms with Crippen molar-refractivity contribution in [2.24, 2.45) is 11.8 Å². The maximum Gasteiger partial charge on any atom is 0.308 e. The smallest absolute Gasteiger partial charge is 0.308 e. The number of hydrogen-bond donors (Lipinski definition) is 3. The molecule has 0 spiro atoms. The number of carboxylic acid groups (broad SMARTS) is 1. The number of aryl methyl sites for hydroxylation is 1. The zero-order valence-electron chi connectivity index (χ0n) is 17.1. The minimum atomic E-state index is -0.984. The van der Waals surface area contributed by atoms with Crippen LogP contribution in [0, 0.1) is 11.8 Å². The lowest BCUT2D eigenvalue weighted by Gasteiger charge is -2.33. The number of hydrogen-bond acceptors (Lipinski definition) is 4.